The van der Waals surface area contributed by atoms with Crippen molar-refractivity contribution in [1.29, 1.82) is 0 Å². The molecule has 4 aromatic rings. The van der Waals surface area contributed by atoms with E-state index in [1.54, 1.807) is 17.2 Å². The number of hydrogen-bond donors (Lipinski definition) is 1. The monoisotopic (exact) mass is 604 g/mol. The van der Waals surface area contributed by atoms with E-state index in [9.17, 15) is 22.4 Å². The minimum Gasteiger partial charge on any atom is -0.480 e. The number of nitrogens with one attached hydrogen (secondary N) is 1. The third-order valence-corrected chi connectivity index (χ3v) is 8.41. The van der Waals surface area contributed by atoms with Crippen LogP contribution in [0, 0.1) is 5.82 Å². The molecular weight excluding hydrogens is 575 g/mol. The van der Waals surface area contributed by atoms with Gasteiger partial charge in [-0.3, -0.25) is 14.3 Å². The van der Waals surface area contributed by atoms with E-state index in [1.165, 1.54) is 44.6 Å². The summed E-state index contributed by atoms with van der Waals surface area (Å²) in [5.74, 6) is -0.184. The van der Waals surface area contributed by atoms with Gasteiger partial charge in [0, 0.05) is 48.9 Å². The molecule has 1 saturated heterocycles. The van der Waals surface area contributed by atoms with E-state index in [0.717, 1.165) is 23.1 Å². The number of halogens is 1. The molecule has 3 heterocycles. The molecular formula is C30H29FN6O5S. The second-order valence-electron chi connectivity index (χ2n) is 10.0. The number of ether oxygens (including phenoxy) is 1. The maximum Gasteiger partial charge on any atom is 0.262 e. The first-order valence-electron chi connectivity index (χ1n) is 13.4. The fourth-order valence-electron chi connectivity index (χ4n) is 4.88. The Morgan fingerprint density at radius 1 is 1.02 bits per heavy atom. The Morgan fingerprint density at radius 3 is 2.49 bits per heavy atom. The molecule has 0 radical (unpaired) electrons. The number of pyridine rings is 1. The number of sulfonamides is 1. The molecule has 5 rings (SSSR count). The Labute approximate surface area is 248 Å². The Morgan fingerprint density at radius 2 is 1.79 bits per heavy atom. The highest BCUT2D eigenvalue weighted by atomic mass is 32.2. The molecule has 2 aromatic carbocycles. The van der Waals surface area contributed by atoms with E-state index in [1.807, 2.05) is 25.1 Å². The molecule has 1 atom stereocenters. The second kappa shape index (κ2) is 12.1. The Bertz CT molecular complexity index is 1830. The van der Waals surface area contributed by atoms with Gasteiger partial charge in [0.05, 0.1) is 17.5 Å². The predicted octanol–water partition coefficient (Wildman–Crippen LogP) is 3.82. The van der Waals surface area contributed by atoms with Crippen molar-refractivity contribution >= 4 is 44.1 Å². The summed E-state index contributed by atoms with van der Waals surface area (Å²) in [7, 11) is -2.67. The largest absolute Gasteiger partial charge is 0.480 e. The van der Waals surface area contributed by atoms with Crippen molar-refractivity contribution in [2.75, 3.05) is 36.4 Å². The van der Waals surface area contributed by atoms with Gasteiger partial charge >= 0.3 is 0 Å². The van der Waals surface area contributed by atoms with Crippen LogP contribution in [0.25, 0.3) is 22.0 Å². The number of ketones is 1. The van der Waals surface area contributed by atoms with Crippen LogP contribution in [0.3, 0.4) is 0 Å². The van der Waals surface area contributed by atoms with Crippen LogP contribution in [0.5, 0.6) is 5.88 Å². The molecule has 0 aliphatic carbocycles. The van der Waals surface area contributed by atoms with Crippen molar-refractivity contribution in [3.63, 3.8) is 0 Å². The van der Waals surface area contributed by atoms with E-state index in [0.29, 0.717) is 36.5 Å². The number of allylic oxidation sites excluding steroid dienone is 1. The first-order chi connectivity index (χ1) is 20.6. The van der Waals surface area contributed by atoms with Gasteiger partial charge in [0.1, 0.15) is 23.6 Å². The molecule has 1 fully saturated rings. The van der Waals surface area contributed by atoms with E-state index < -0.39 is 15.8 Å². The van der Waals surface area contributed by atoms with Crippen molar-refractivity contribution in [1.82, 2.24) is 19.9 Å². The topological polar surface area (TPSA) is 135 Å². The molecule has 0 bridgehead atoms. The number of amides is 1. The zero-order chi connectivity index (χ0) is 30.7. The highest BCUT2D eigenvalue weighted by Crippen LogP contribution is 2.34. The van der Waals surface area contributed by atoms with Crippen LogP contribution in [-0.4, -0.2) is 72.7 Å². The smallest absolute Gasteiger partial charge is 0.262 e. The van der Waals surface area contributed by atoms with Crippen LogP contribution >= 0.6 is 0 Å². The first kappa shape index (κ1) is 29.6. The van der Waals surface area contributed by atoms with Gasteiger partial charge in [-0.05, 0) is 68.0 Å². The van der Waals surface area contributed by atoms with E-state index in [2.05, 4.69) is 24.6 Å². The minimum atomic E-state index is -4.05. The summed E-state index contributed by atoms with van der Waals surface area (Å²) in [6.07, 6.45) is 5.63. The minimum absolute atomic E-state index is 0.0682. The van der Waals surface area contributed by atoms with E-state index in [4.69, 9.17) is 4.74 Å². The molecule has 1 amide bonds. The number of aromatic nitrogens is 3. The number of hydrogen-bond acceptors (Lipinski definition) is 9. The van der Waals surface area contributed by atoms with Gasteiger partial charge in [0.2, 0.25) is 11.8 Å². The first-order valence-corrected chi connectivity index (χ1v) is 14.9. The van der Waals surface area contributed by atoms with Gasteiger partial charge in [-0.1, -0.05) is 6.07 Å². The number of carbonyl (C=O) groups excluding carboxylic acids is 2. The van der Waals surface area contributed by atoms with Gasteiger partial charge in [-0.2, -0.15) is 0 Å². The molecule has 2 aromatic heterocycles. The van der Waals surface area contributed by atoms with Crippen LogP contribution in [0.4, 0.5) is 15.9 Å². The van der Waals surface area contributed by atoms with Gasteiger partial charge in [0.15, 0.2) is 5.78 Å². The lowest BCUT2D eigenvalue weighted by Gasteiger charge is -2.40. The normalized spacial score (nSPS) is 15.6. The second-order valence-corrected chi connectivity index (χ2v) is 11.7. The van der Waals surface area contributed by atoms with Crippen molar-refractivity contribution < 1.29 is 27.1 Å². The van der Waals surface area contributed by atoms with Crippen LogP contribution in [-0.2, 0) is 19.6 Å². The fraction of sp³-hybridized carbons (Fsp3) is 0.233. The fourth-order valence-corrected chi connectivity index (χ4v) is 5.93. The zero-order valence-electron chi connectivity index (χ0n) is 23.7. The third kappa shape index (κ3) is 6.46. The molecule has 0 spiro atoms. The van der Waals surface area contributed by atoms with Crippen LogP contribution in [0.15, 0.2) is 78.1 Å². The average molecular weight is 605 g/mol. The molecule has 0 unspecified atom stereocenters. The zero-order valence-corrected chi connectivity index (χ0v) is 24.5. The van der Waals surface area contributed by atoms with Crippen molar-refractivity contribution in [3.8, 4) is 17.0 Å². The quantitative estimate of drug-likeness (QED) is 0.298. The number of nitrogens with zero attached hydrogens (tertiary/aromatic N) is 5. The van der Waals surface area contributed by atoms with Crippen LogP contribution in [0.1, 0.15) is 13.8 Å². The molecule has 13 heteroatoms. The predicted molar refractivity (Wildman–Crippen MR) is 160 cm³/mol. The summed E-state index contributed by atoms with van der Waals surface area (Å²) in [6.45, 7) is 4.83. The summed E-state index contributed by atoms with van der Waals surface area (Å²) in [6, 6.07) is 11.6. The van der Waals surface area contributed by atoms with E-state index >= 15 is 0 Å². The highest BCUT2D eigenvalue weighted by Gasteiger charge is 2.28. The molecule has 43 heavy (non-hydrogen) atoms. The number of fused-ring (bicyclic) bond motifs is 1. The third-order valence-electron chi connectivity index (χ3n) is 7.03. The van der Waals surface area contributed by atoms with Crippen molar-refractivity contribution in [2.24, 2.45) is 0 Å². The van der Waals surface area contributed by atoms with Crippen molar-refractivity contribution in [3.05, 3.63) is 79.0 Å². The molecule has 1 aliphatic heterocycles. The maximum absolute atomic E-state index is 13.4. The Kier molecular flexibility index (Phi) is 8.35. The van der Waals surface area contributed by atoms with E-state index in [-0.39, 0.29) is 34.2 Å². The lowest BCUT2D eigenvalue weighted by atomic mass is 10.0. The summed E-state index contributed by atoms with van der Waals surface area (Å²) in [4.78, 5) is 40.8. The average Bonchev–Trinajstić information content (AvgIpc) is 2.99. The van der Waals surface area contributed by atoms with Gasteiger partial charge in [-0.15, -0.1) is 0 Å². The number of piperazine rings is 1. The molecule has 222 valence electrons. The van der Waals surface area contributed by atoms with Gasteiger partial charge in [-0.25, -0.2) is 27.8 Å². The summed E-state index contributed by atoms with van der Waals surface area (Å²) in [5, 5.41) is 0.771. The number of anilines is 2. The van der Waals surface area contributed by atoms with Crippen LogP contribution < -0.4 is 14.4 Å². The molecule has 0 saturated carbocycles. The van der Waals surface area contributed by atoms with Crippen molar-refractivity contribution in [2.45, 2.75) is 24.8 Å². The lowest BCUT2D eigenvalue weighted by molar-refractivity contribution is -0.127. The van der Waals surface area contributed by atoms with Crippen LogP contribution in [0.2, 0.25) is 0 Å². The van der Waals surface area contributed by atoms with Gasteiger partial charge < -0.3 is 14.5 Å². The highest BCUT2D eigenvalue weighted by molar-refractivity contribution is 7.92. The molecule has 1 aliphatic rings. The summed E-state index contributed by atoms with van der Waals surface area (Å²) in [5.41, 5.74) is 2.16. The maximum atomic E-state index is 13.4. The summed E-state index contributed by atoms with van der Waals surface area (Å²) >= 11 is 0. The summed E-state index contributed by atoms with van der Waals surface area (Å²) < 4.78 is 47.2. The SMILES string of the molecule is COc1ncc(-c2ccc3ncnc(N4CCN(C(=O)/C=C/C(C)=O)C[C@@H]4C)c3c2)cc1NS(=O)(=O)c1ccc(F)cc1. The molecule has 11 nitrogen and oxygen atoms in total. The number of methoxy groups -OCH3 is 1. The molecule has 1 N–H and O–H groups in total. The Balaban J connectivity index is 1.45. The van der Waals surface area contributed by atoms with Gasteiger partial charge in [0.25, 0.3) is 10.0 Å². The Hall–Kier alpha value is -4.91. The standard InChI is InChI=1S/C30H29FN6O5S/c1-19-17-36(28(39)11-4-20(2)38)12-13-37(19)29-25-14-21(5-10-26(25)33-18-34-29)22-15-27(30(42-3)32-16-22)35-43(40,41)24-8-6-23(31)7-9-24/h4-11,14-16,18-19,35H,12-13,17H2,1-3H3/b11-4+/t19-/m0/s1. The number of benzene rings is 2. The number of carbonyl (C=O) groups is 2. The number of rotatable bonds is 8. The lowest BCUT2D eigenvalue weighted by Crippen LogP contribution is -2.53.